The molecule has 1 aliphatic rings. The normalized spacial score (nSPS) is 16.6. The minimum absolute atomic E-state index is 0.111. The summed E-state index contributed by atoms with van der Waals surface area (Å²) in [6.45, 7) is 2.17. The van der Waals surface area contributed by atoms with Gasteiger partial charge >= 0.3 is 5.97 Å². The molecule has 0 amide bonds. The molecular weight excluding hydrogens is 200 g/mol. The Balaban J connectivity index is 2.17. The third kappa shape index (κ3) is 4.05. The van der Waals surface area contributed by atoms with Crippen molar-refractivity contribution in [2.24, 2.45) is 0 Å². The van der Waals surface area contributed by atoms with Gasteiger partial charge in [-0.15, -0.1) is 0 Å². The van der Waals surface area contributed by atoms with Crippen molar-refractivity contribution in [2.45, 2.75) is 45.1 Å². The van der Waals surface area contributed by atoms with E-state index in [9.17, 15) is 4.79 Å². The number of esters is 1. The summed E-state index contributed by atoms with van der Waals surface area (Å²) in [5, 5.41) is 0.371. The highest BCUT2D eigenvalue weighted by Gasteiger charge is 2.18. The second-order valence-corrected chi connectivity index (χ2v) is 3.83. The summed E-state index contributed by atoms with van der Waals surface area (Å²) >= 11 is 4.96. The molecule has 0 radical (unpaired) electrons. The minimum Gasteiger partial charge on any atom is -0.483 e. The van der Waals surface area contributed by atoms with Crippen molar-refractivity contribution in [1.29, 1.82) is 0 Å². The number of hydrogen-bond acceptors (Lipinski definition) is 4. The van der Waals surface area contributed by atoms with E-state index in [1.165, 1.54) is 12.8 Å². The van der Waals surface area contributed by atoms with E-state index in [4.69, 9.17) is 21.7 Å². The molecule has 0 atom stereocenters. The van der Waals surface area contributed by atoms with Gasteiger partial charge in [0.2, 0.25) is 0 Å². The van der Waals surface area contributed by atoms with Crippen LogP contribution in [0.15, 0.2) is 0 Å². The molecule has 0 aromatic rings. The topological polar surface area (TPSA) is 35.5 Å². The van der Waals surface area contributed by atoms with E-state index in [0.717, 1.165) is 12.8 Å². The molecule has 1 aliphatic carbocycles. The molecule has 80 valence electrons. The number of carbonyl (C=O) groups is 1. The van der Waals surface area contributed by atoms with Crippen LogP contribution in [0, 0.1) is 0 Å². The molecule has 0 saturated heterocycles. The van der Waals surface area contributed by atoms with Gasteiger partial charge in [0.1, 0.15) is 6.42 Å². The van der Waals surface area contributed by atoms with Crippen molar-refractivity contribution in [3.05, 3.63) is 0 Å². The van der Waals surface area contributed by atoms with Crippen LogP contribution < -0.4 is 0 Å². The summed E-state index contributed by atoms with van der Waals surface area (Å²) in [5.41, 5.74) is 0. The Morgan fingerprint density at radius 2 is 2.07 bits per heavy atom. The smallest absolute Gasteiger partial charge is 0.314 e. The standard InChI is InChI=1S/C10H16O3S/c1-2-12-9(11)7-10(14)13-8-5-3-4-6-8/h8H,2-7H2,1H3. The van der Waals surface area contributed by atoms with Gasteiger partial charge < -0.3 is 9.47 Å². The van der Waals surface area contributed by atoms with Crippen LogP contribution in [0.4, 0.5) is 0 Å². The van der Waals surface area contributed by atoms with Crippen molar-refractivity contribution in [3.8, 4) is 0 Å². The summed E-state index contributed by atoms with van der Waals surface area (Å²) in [4.78, 5) is 11.0. The van der Waals surface area contributed by atoms with Gasteiger partial charge in [-0.25, -0.2) is 0 Å². The van der Waals surface area contributed by atoms with Crippen LogP contribution >= 0.6 is 12.2 Å². The summed E-state index contributed by atoms with van der Waals surface area (Å²) in [6.07, 6.45) is 4.86. The maximum atomic E-state index is 11.0. The average Bonchev–Trinajstić information content (AvgIpc) is 2.56. The molecule has 0 aromatic heterocycles. The lowest BCUT2D eigenvalue weighted by atomic mass is 10.3. The summed E-state index contributed by atoms with van der Waals surface area (Å²) < 4.78 is 10.2. The number of carbonyl (C=O) groups excluding carboxylic acids is 1. The van der Waals surface area contributed by atoms with Gasteiger partial charge in [-0.05, 0) is 44.8 Å². The third-order valence-corrected chi connectivity index (χ3v) is 2.43. The van der Waals surface area contributed by atoms with Crippen LogP contribution in [0.25, 0.3) is 0 Å². The predicted molar refractivity (Wildman–Crippen MR) is 57.2 cm³/mol. The zero-order valence-electron chi connectivity index (χ0n) is 8.45. The lowest BCUT2D eigenvalue weighted by molar-refractivity contribution is -0.141. The van der Waals surface area contributed by atoms with E-state index in [2.05, 4.69) is 0 Å². The van der Waals surface area contributed by atoms with Gasteiger partial charge in [-0.1, -0.05) is 0 Å². The van der Waals surface area contributed by atoms with Crippen LogP contribution in [0.5, 0.6) is 0 Å². The molecule has 0 unspecified atom stereocenters. The van der Waals surface area contributed by atoms with Crippen molar-refractivity contribution < 1.29 is 14.3 Å². The second kappa shape index (κ2) is 5.96. The lowest BCUT2D eigenvalue weighted by Gasteiger charge is -2.12. The number of hydrogen-bond donors (Lipinski definition) is 0. The molecule has 0 N–H and O–H groups in total. The molecule has 1 fully saturated rings. The average molecular weight is 216 g/mol. The Morgan fingerprint density at radius 1 is 1.43 bits per heavy atom. The Hall–Kier alpha value is -0.640. The van der Waals surface area contributed by atoms with Gasteiger partial charge in [0.15, 0.2) is 5.05 Å². The van der Waals surface area contributed by atoms with Gasteiger partial charge in [-0.3, -0.25) is 4.79 Å². The molecule has 0 bridgehead atoms. The lowest BCUT2D eigenvalue weighted by Crippen LogP contribution is -2.17. The fraction of sp³-hybridized carbons (Fsp3) is 0.800. The van der Waals surface area contributed by atoms with E-state index in [1.54, 1.807) is 6.92 Å². The molecule has 14 heavy (non-hydrogen) atoms. The zero-order chi connectivity index (χ0) is 10.4. The fourth-order valence-corrected chi connectivity index (χ4v) is 1.82. The van der Waals surface area contributed by atoms with Crippen molar-refractivity contribution in [3.63, 3.8) is 0 Å². The number of rotatable bonds is 4. The first kappa shape index (κ1) is 11.4. The SMILES string of the molecule is CCOC(=O)CC(=S)OC1CCCC1. The molecule has 0 aromatic carbocycles. The van der Waals surface area contributed by atoms with Crippen molar-refractivity contribution in [1.82, 2.24) is 0 Å². The van der Waals surface area contributed by atoms with Crippen LogP contribution in [0.2, 0.25) is 0 Å². The van der Waals surface area contributed by atoms with Gasteiger partial charge in [0, 0.05) is 0 Å². The molecule has 1 rings (SSSR count). The summed E-state index contributed by atoms with van der Waals surface area (Å²) in [6, 6.07) is 0. The Kier molecular flexibility index (Phi) is 4.87. The highest BCUT2D eigenvalue weighted by atomic mass is 32.1. The molecule has 0 aliphatic heterocycles. The Bertz CT molecular complexity index is 209. The molecule has 1 saturated carbocycles. The van der Waals surface area contributed by atoms with Gasteiger partial charge in [0.25, 0.3) is 0 Å². The largest absolute Gasteiger partial charge is 0.483 e. The zero-order valence-corrected chi connectivity index (χ0v) is 9.27. The van der Waals surface area contributed by atoms with Crippen molar-refractivity contribution in [2.75, 3.05) is 6.61 Å². The molecule has 3 nitrogen and oxygen atoms in total. The maximum absolute atomic E-state index is 11.0. The third-order valence-electron chi connectivity index (χ3n) is 2.19. The first-order valence-corrected chi connectivity index (χ1v) is 5.48. The predicted octanol–water partition coefficient (Wildman–Crippen LogP) is 2.23. The van der Waals surface area contributed by atoms with Gasteiger partial charge in [-0.2, -0.15) is 0 Å². The summed E-state index contributed by atoms with van der Waals surface area (Å²) in [5.74, 6) is -0.296. The monoisotopic (exact) mass is 216 g/mol. The summed E-state index contributed by atoms with van der Waals surface area (Å²) in [7, 11) is 0. The van der Waals surface area contributed by atoms with E-state index in [0.29, 0.717) is 11.7 Å². The van der Waals surface area contributed by atoms with Crippen LogP contribution in [-0.2, 0) is 14.3 Å². The minimum atomic E-state index is -0.296. The molecular formula is C10H16O3S. The first-order chi connectivity index (χ1) is 6.72. The Morgan fingerprint density at radius 3 is 2.64 bits per heavy atom. The Labute approximate surface area is 89.8 Å². The van der Waals surface area contributed by atoms with Crippen molar-refractivity contribution >= 4 is 23.2 Å². The van der Waals surface area contributed by atoms with E-state index in [-0.39, 0.29) is 18.5 Å². The van der Waals surface area contributed by atoms with Crippen LogP contribution in [-0.4, -0.2) is 23.7 Å². The quantitative estimate of drug-likeness (QED) is 0.533. The molecule has 4 heteroatoms. The first-order valence-electron chi connectivity index (χ1n) is 5.07. The number of ether oxygens (including phenoxy) is 2. The fourth-order valence-electron chi connectivity index (χ4n) is 1.56. The maximum Gasteiger partial charge on any atom is 0.314 e. The molecule has 0 heterocycles. The van der Waals surface area contributed by atoms with Crippen LogP contribution in [0.1, 0.15) is 39.0 Å². The highest BCUT2D eigenvalue weighted by Crippen LogP contribution is 2.21. The van der Waals surface area contributed by atoms with E-state index >= 15 is 0 Å². The van der Waals surface area contributed by atoms with E-state index < -0.39 is 0 Å². The number of thiocarbonyl (C=S) groups is 1. The van der Waals surface area contributed by atoms with E-state index in [1.807, 2.05) is 0 Å². The highest BCUT2D eigenvalue weighted by molar-refractivity contribution is 7.80. The molecule has 0 spiro atoms. The second-order valence-electron chi connectivity index (χ2n) is 3.38. The van der Waals surface area contributed by atoms with Gasteiger partial charge in [0.05, 0.1) is 12.7 Å². The van der Waals surface area contributed by atoms with Crippen LogP contribution in [0.3, 0.4) is 0 Å².